The molecule has 0 amide bonds. The second-order valence-electron chi connectivity index (χ2n) is 5.71. The van der Waals surface area contributed by atoms with Crippen LogP contribution >= 0.6 is 0 Å². The molecule has 4 aromatic rings. The van der Waals surface area contributed by atoms with Crippen LogP contribution in [-0.4, -0.2) is 39.0 Å². The number of nitrogens with two attached hydrogens (primary N) is 2. The molecule has 4 heterocycles. The minimum atomic E-state index is -4.94. The topological polar surface area (TPSA) is 434 Å². The number of anilines is 2. The Kier molecular flexibility index (Phi) is 16.1. The molecule has 0 spiro atoms. The SMILES string of the molecule is Cn1cnc2nc(N)[nH]c(=O)c21.Cn1cnc2nc(N)[nH]c(=O)c21.N.N.[O-][Cl+3]([O-])([O-])[O-].[O-][Cl+3]([O-])([O-])[O-].[Pt+4]. The van der Waals surface area contributed by atoms with Gasteiger partial charge in [0, 0.05) is 14.1 Å². The van der Waals surface area contributed by atoms with E-state index in [1.165, 1.54) is 12.7 Å². The van der Waals surface area contributed by atoms with Crippen LogP contribution in [0, 0.1) is 20.5 Å². The Morgan fingerprint density at radius 1 is 0.703 bits per heavy atom. The number of H-pyrrole nitrogens is 2. The predicted octanol–water partition coefficient (Wildman–Crippen LogP) is -10.7. The van der Waals surface area contributed by atoms with Crippen LogP contribution in [0.25, 0.3) is 22.3 Å². The summed E-state index contributed by atoms with van der Waals surface area (Å²) in [5, 5.41) is 0. The molecule has 0 bridgehead atoms. The molecule has 4 rings (SSSR count). The molecule has 12 N–H and O–H groups in total. The Morgan fingerprint density at radius 2 is 0.946 bits per heavy atom. The van der Waals surface area contributed by atoms with E-state index in [1.807, 2.05) is 0 Å². The maximum Gasteiger partial charge on any atom is 4.00 e. The molecule has 37 heavy (non-hydrogen) atoms. The van der Waals surface area contributed by atoms with Gasteiger partial charge < -0.3 is 32.9 Å². The second-order valence-corrected chi connectivity index (χ2v) is 7.23. The number of nitrogens with one attached hydrogen (secondary N) is 2. The van der Waals surface area contributed by atoms with Gasteiger partial charge in [-0.1, -0.05) is 0 Å². The Labute approximate surface area is 223 Å². The van der Waals surface area contributed by atoms with Crippen molar-refractivity contribution in [3.63, 3.8) is 0 Å². The molecule has 4 aromatic heterocycles. The molecule has 0 saturated heterocycles. The van der Waals surface area contributed by atoms with Crippen molar-refractivity contribution >= 4 is 34.2 Å². The number of imidazole rings is 2. The van der Waals surface area contributed by atoms with Gasteiger partial charge in [0.1, 0.15) is 0 Å². The molecular formula is C12H20Cl2N12O10Pt+2. The average Bonchev–Trinajstić information content (AvgIpc) is 3.15. The van der Waals surface area contributed by atoms with Crippen LogP contribution in [0.15, 0.2) is 22.2 Å². The fourth-order valence-electron chi connectivity index (χ4n) is 2.16. The molecule has 25 heteroatoms. The second kappa shape index (κ2) is 15.4. The van der Waals surface area contributed by atoms with Crippen LogP contribution in [0.5, 0.6) is 0 Å². The zero-order valence-corrected chi connectivity index (χ0v) is 22.3. The number of halogens is 2. The van der Waals surface area contributed by atoms with Crippen molar-refractivity contribution in [3.8, 4) is 0 Å². The van der Waals surface area contributed by atoms with E-state index in [2.05, 4.69) is 29.9 Å². The van der Waals surface area contributed by atoms with Gasteiger partial charge in [-0.15, -0.1) is 20.5 Å². The third kappa shape index (κ3) is 14.5. The molecule has 0 unspecified atom stereocenters. The van der Waals surface area contributed by atoms with Crippen molar-refractivity contribution in [1.82, 2.24) is 51.3 Å². The number of aromatic nitrogens is 8. The number of aryl methyl sites for hydroxylation is 2. The fraction of sp³-hybridized carbons (Fsp3) is 0.167. The first kappa shape index (κ1) is 38.7. The van der Waals surface area contributed by atoms with Crippen LogP contribution in [0.4, 0.5) is 11.9 Å². The molecule has 0 saturated carbocycles. The van der Waals surface area contributed by atoms with Crippen LogP contribution in [-0.2, 0) is 35.2 Å². The quantitative estimate of drug-likeness (QED) is 0.0969. The van der Waals surface area contributed by atoms with E-state index in [0.717, 1.165) is 0 Å². The third-order valence-electron chi connectivity index (χ3n) is 3.20. The van der Waals surface area contributed by atoms with Gasteiger partial charge in [-0.05, 0) is 0 Å². The van der Waals surface area contributed by atoms with Crippen LogP contribution in [0.3, 0.4) is 0 Å². The van der Waals surface area contributed by atoms with Crippen molar-refractivity contribution in [2.45, 2.75) is 0 Å². The van der Waals surface area contributed by atoms with Gasteiger partial charge in [0.2, 0.25) is 11.9 Å². The Balaban J connectivity index is -0.000000439. The number of hydrogen-bond acceptors (Lipinski definition) is 18. The van der Waals surface area contributed by atoms with Crippen molar-refractivity contribution in [3.05, 3.63) is 33.4 Å². The van der Waals surface area contributed by atoms with E-state index >= 15 is 0 Å². The van der Waals surface area contributed by atoms with E-state index in [9.17, 15) is 9.59 Å². The fourth-order valence-corrected chi connectivity index (χ4v) is 2.16. The Morgan fingerprint density at radius 3 is 1.19 bits per heavy atom. The molecule has 0 fully saturated rings. The maximum atomic E-state index is 11.2. The summed E-state index contributed by atoms with van der Waals surface area (Å²) in [4.78, 5) is 42.7. The Hall–Kier alpha value is -2.83. The smallest absolute Gasteiger partial charge is 0.369 e. The third-order valence-corrected chi connectivity index (χ3v) is 3.20. The molecule has 0 aliphatic rings. The number of rotatable bonds is 0. The van der Waals surface area contributed by atoms with E-state index in [1.54, 1.807) is 23.2 Å². The molecule has 0 radical (unpaired) electrons. The number of hydrogen-bond donors (Lipinski definition) is 6. The summed E-state index contributed by atoms with van der Waals surface area (Å²) in [6.07, 6.45) is 3.04. The normalized spacial score (nSPS) is 10.2. The van der Waals surface area contributed by atoms with Gasteiger partial charge in [0.15, 0.2) is 22.3 Å². The number of fused-ring (bicyclic) bond motifs is 2. The van der Waals surface area contributed by atoms with Gasteiger partial charge in [0.25, 0.3) is 11.1 Å². The molecule has 0 aromatic carbocycles. The zero-order valence-electron chi connectivity index (χ0n) is 18.6. The number of nitrogens with zero attached hydrogens (tertiary/aromatic N) is 6. The minimum Gasteiger partial charge on any atom is -0.369 e. The summed E-state index contributed by atoms with van der Waals surface area (Å²) in [7, 11) is -6.44. The number of aromatic amines is 2. The average molecular weight is 758 g/mol. The van der Waals surface area contributed by atoms with Gasteiger partial charge >= 0.3 is 21.1 Å². The molecular weight excluding hydrogens is 738 g/mol. The zero-order chi connectivity index (χ0) is 26.4. The van der Waals surface area contributed by atoms with Crippen molar-refractivity contribution < 1.29 is 78.8 Å². The first-order valence-corrected chi connectivity index (χ1v) is 10.4. The monoisotopic (exact) mass is 757 g/mol. The van der Waals surface area contributed by atoms with Gasteiger partial charge in [-0.3, -0.25) is 19.6 Å². The van der Waals surface area contributed by atoms with Crippen molar-refractivity contribution in [2.24, 2.45) is 14.1 Å². The molecule has 22 nitrogen and oxygen atoms in total. The summed E-state index contributed by atoms with van der Waals surface area (Å²) < 4.78 is 71.1. The first-order chi connectivity index (χ1) is 15.4. The minimum absolute atomic E-state index is 0. The van der Waals surface area contributed by atoms with Crippen LogP contribution in [0.2, 0.25) is 0 Å². The Bertz CT molecular complexity index is 1250. The largest absolute Gasteiger partial charge is 4.00 e. The van der Waals surface area contributed by atoms with Crippen LogP contribution < -0.4 is 72.2 Å². The molecule has 0 aliphatic heterocycles. The van der Waals surface area contributed by atoms with E-state index in [-0.39, 0.29) is 56.4 Å². The van der Waals surface area contributed by atoms with Crippen molar-refractivity contribution in [2.75, 3.05) is 11.5 Å². The summed E-state index contributed by atoms with van der Waals surface area (Å²) in [5.41, 5.74) is 11.7. The summed E-state index contributed by atoms with van der Waals surface area (Å²) in [6.45, 7) is 0. The van der Waals surface area contributed by atoms with Crippen molar-refractivity contribution in [1.29, 1.82) is 0 Å². The standard InChI is InChI=1S/2C6H7N5O.2ClHO4.2H3N.Pt/c2*1-11-2-8-4-3(11)5(12)10-6(7)9-4;2*2-1(3,4)5;;;/h2*2H,1H3,(H3,7,9,10,12);2*(H,2,3,4,5);2*1H3;/q;;;;;;+4/p-2. The van der Waals surface area contributed by atoms with E-state index in [0.29, 0.717) is 22.3 Å². The predicted molar refractivity (Wildman–Crippen MR) is 97.1 cm³/mol. The number of nitrogen functional groups attached to an aromatic ring is 2. The molecule has 0 aliphatic carbocycles. The maximum absolute atomic E-state index is 11.2. The van der Waals surface area contributed by atoms with Crippen LogP contribution in [0.1, 0.15) is 0 Å². The van der Waals surface area contributed by atoms with Gasteiger partial charge in [-0.25, -0.2) is 47.2 Å². The van der Waals surface area contributed by atoms with E-state index < -0.39 is 20.5 Å². The molecule has 210 valence electrons. The summed E-state index contributed by atoms with van der Waals surface area (Å²) in [6, 6.07) is 0. The summed E-state index contributed by atoms with van der Waals surface area (Å²) in [5.74, 6) is 0.178. The summed E-state index contributed by atoms with van der Waals surface area (Å²) >= 11 is 0. The van der Waals surface area contributed by atoms with E-state index in [4.69, 9.17) is 48.7 Å². The first-order valence-electron chi connectivity index (χ1n) is 7.94. The van der Waals surface area contributed by atoms with Gasteiger partial charge in [-0.2, -0.15) is 9.97 Å². The molecule has 0 atom stereocenters. The van der Waals surface area contributed by atoms with Gasteiger partial charge in [0.05, 0.1) is 12.7 Å².